The Balaban J connectivity index is 2.18. The lowest BCUT2D eigenvalue weighted by atomic mass is 9.79. The summed E-state index contributed by atoms with van der Waals surface area (Å²) < 4.78 is 45.5. The molecule has 4 nitrogen and oxygen atoms in total. The van der Waals surface area contributed by atoms with E-state index in [-0.39, 0.29) is 16.5 Å². The van der Waals surface area contributed by atoms with Gasteiger partial charge in [0.25, 0.3) is 0 Å². The van der Waals surface area contributed by atoms with Gasteiger partial charge in [0.15, 0.2) is 0 Å². The van der Waals surface area contributed by atoms with E-state index in [9.17, 15) is 18.0 Å². The zero-order chi connectivity index (χ0) is 20.9. The molecule has 0 radical (unpaired) electrons. The summed E-state index contributed by atoms with van der Waals surface area (Å²) in [6, 6.07) is 7.97. The van der Waals surface area contributed by atoms with Crippen LogP contribution in [0.4, 0.5) is 13.2 Å². The van der Waals surface area contributed by atoms with Crippen LogP contribution in [-0.2, 0) is 5.41 Å². The van der Waals surface area contributed by atoms with Gasteiger partial charge in [-0.15, -0.1) is 0 Å². The van der Waals surface area contributed by atoms with Crippen LogP contribution in [0.1, 0.15) is 30.5 Å². The molecule has 0 saturated carbocycles. The number of aromatic nitrogens is 2. The second-order valence-corrected chi connectivity index (χ2v) is 7.40. The standard InChI is InChI=1S/C21H21F3N2O2/c1-11-9-14(20(3,4)21(22,23)24)12(2)8-13(11)16-10-17(27)19-15(25-16)6-7-18(26-19)28-5/h6-10H,1-5H3,(H,25,27). The van der Waals surface area contributed by atoms with Crippen molar-refractivity contribution in [2.24, 2.45) is 0 Å². The predicted octanol–water partition coefficient (Wildman–Crippen LogP) is 5.06. The Labute approximate surface area is 160 Å². The minimum Gasteiger partial charge on any atom is -0.481 e. The average Bonchev–Trinajstić information content (AvgIpc) is 2.61. The zero-order valence-corrected chi connectivity index (χ0v) is 16.3. The van der Waals surface area contributed by atoms with Crippen LogP contribution in [0.3, 0.4) is 0 Å². The number of alkyl halides is 3. The molecule has 0 aliphatic carbocycles. The van der Waals surface area contributed by atoms with Crippen LogP contribution in [0.15, 0.2) is 35.1 Å². The molecule has 0 fully saturated rings. The highest BCUT2D eigenvalue weighted by molar-refractivity contribution is 5.79. The third-order valence-electron chi connectivity index (χ3n) is 5.10. The molecular formula is C21H21F3N2O2. The minimum atomic E-state index is -4.37. The first kappa shape index (κ1) is 19.9. The van der Waals surface area contributed by atoms with E-state index in [1.165, 1.54) is 27.0 Å². The number of nitrogens with zero attached hydrogens (tertiary/aromatic N) is 1. The van der Waals surface area contributed by atoms with Crippen molar-refractivity contribution in [3.05, 3.63) is 57.2 Å². The summed E-state index contributed by atoms with van der Waals surface area (Å²) in [6.45, 7) is 5.73. The Bertz CT molecular complexity index is 1120. The fraction of sp³-hybridized carbons (Fsp3) is 0.333. The molecule has 0 unspecified atom stereocenters. The molecule has 0 bridgehead atoms. The van der Waals surface area contributed by atoms with E-state index >= 15 is 0 Å². The SMILES string of the molecule is COc1ccc2[nH]c(-c3cc(C)c(C(C)(C)C(F)(F)F)cc3C)cc(=O)c2n1. The van der Waals surface area contributed by atoms with Crippen molar-refractivity contribution in [2.45, 2.75) is 39.3 Å². The lowest BCUT2D eigenvalue weighted by Gasteiger charge is -2.30. The number of nitrogens with one attached hydrogen (secondary N) is 1. The smallest absolute Gasteiger partial charge is 0.397 e. The van der Waals surface area contributed by atoms with Crippen LogP contribution < -0.4 is 10.2 Å². The van der Waals surface area contributed by atoms with E-state index in [0.29, 0.717) is 33.8 Å². The number of benzene rings is 1. The molecule has 0 spiro atoms. The average molecular weight is 390 g/mol. The number of halogens is 3. The Morgan fingerprint density at radius 1 is 1.04 bits per heavy atom. The molecule has 1 N–H and O–H groups in total. The van der Waals surface area contributed by atoms with Gasteiger partial charge in [-0.1, -0.05) is 6.07 Å². The Kier molecular flexibility index (Phi) is 4.73. The number of ether oxygens (including phenoxy) is 1. The van der Waals surface area contributed by atoms with Gasteiger partial charge in [-0.05, 0) is 56.5 Å². The van der Waals surface area contributed by atoms with Gasteiger partial charge in [-0.25, -0.2) is 4.98 Å². The number of pyridine rings is 2. The van der Waals surface area contributed by atoms with E-state index in [2.05, 4.69) is 9.97 Å². The van der Waals surface area contributed by atoms with Crippen LogP contribution in [0.25, 0.3) is 22.3 Å². The van der Waals surface area contributed by atoms with Crippen LogP contribution in [0.5, 0.6) is 5.88 Å². The molecule has 2 aromatic heterocycles. The van der Waals surface area contributed by atoms with Crippen molar-refractivity contribution in [3.63, 3.8) is 0 Å². The molecule has 2 heterocycles. The number of aromatic amines is 1. The first-order chi connectivity index (χ1) is 13.0. The number of aryl methyl sites for hydroxylation is 2. The number of H-pyrrole nitrogens is 1. The summed E-state index contributed by atoms with van der Waals surface area (Å²) in [5.74, 6) is 0.330. The van der Waals surface area contributed by atoms with Gasteiger partial charge in [0, 0.05) is 17.7 Å². The molecule has 28 heavy (non-hydrogen) atoms. The van der Waals surface area contributed by atoms with Crippen LogP contribution in [0.2, 0.25) is 0 Å². The molecular weight excluding hydrogens is 369 g/mol. The third kappa shape index (κ3) is 3.25. The number of fused-ring (bicyclic) bond motifs is 1. The molecule has 3 aromatic rings. The third-order valence-corrected chi connectivity index (χ3v) is 5.10. The Morgan fingerprint density at radius 3 is 2.32 bits per heavy atom. The summed E-state index contributed by atoms with van der Waals surface area (Å²) in [7, 11) is 1.47. The highest BCUT2D eigenvalue weighted by Crippen LogP contribution is 2.43. The molecule has 0 atom stereocenters. The van der Waals surface area contributed by atoms with Crippen molar-refractivity contribution in [2.75, 3.05) is 7.11 Å². The van der Waals surface area contributed by atoms with Gasteiger partial charge in [-0.3, -0.25) is 4.79 Å². The maximum Gasteiger partial charge on any atom is 0.397 e. The molecule has 7 heteroatoms. The van der Waals surface area contributed by atoms with Gasteiger partial charge in [0.05, 0.1) is 23.7 Å². The molecule has 1 aromatic carbocycles. The monoisotopic (exact) mass is 390 g/mol. The van der Waals surface area contributed by atoms with Crippen molar-refractivity contribution in [1.82, 2.24) is 9.97 Å². The van der Waals surface area contributed by atoms with Gasteiger partial charge in [0.2, 0.25) is 11.3 Å². The van der Waals surface area contributed by atoms with Gasteiger partial charge >= 0.3 is 6.18 Å². The minimum absolute atomic E-state index is 0.218. The lowest BCUT2D eigenvalue weighted by molar-refractivity contribution is -0.180. The Hall–Kier alpha value is -2.83. The fourth-order valence-corrected chi connectivity index (χ4v) is 3.30. The number of hydrogen-bond acceptors (Lipinski definition) is 3. The second-order valence-electron chi connectivity index (χ2n) is 7.40. The van der Waals surface area contributed by atoms with E-state index in [1.54, 1.807) is 38.1 Å². The van der Waals surface area contributed by atoms with Gasteiger partial charge in [-0.2, -0.15) is 13.2 Å². The van der Waals surface area contributed by atoms with E-state index < -0.39 is 11.6 Å². The summed E-state index contributed by atoms with van der Waals surface area (Å²) in [5, 5.41) is 0. The molecule has 3 rings (SSSR count). The van der Waals surface area contributed by atoms with E-state index in [0.717, 1.165) is 0 Å². The maximum absolute atomic E-state index is 13.5. The second kappa shape index (κ2) is 6.65. The maximum atomic E-state index is 13.5. The quantitative estimate of drug-likeness (QED) is 0.680. The summed E-state index contributed by atoms with van der Waals surface area (Å²) in [5.41, 5.74) is 1.08. The highest BCUT2D eigenvalue weighted by Gasteiger charge is 2.49. The number of hydrogen-bond donors (Lipinski definition) is 1. The van der Waals surface area contributed by atoms with Gasteiger partial charge < -0.3 is 9.72 Å². The molecule has 148 valence electrons. The normalized spacial score (nSPS) is 12.4. The van der Waals surface area contributed by atoms with Crippen LogP contribution in [-0.4, -0.2) is 23.3 Å². The number of rotatable bonds is 3. The summed E-state index contributed by atoms with van der Waals surface area (Å²) in [6.07, 6.45) is -4.37. The van der Waals surface area contributed by atoms with E-state index in [4.69, 9.17) is 4.74 Å². The molecule has 0 aliphatic heterocycles. The predicted molar refractivity (Wildman–Crippen MR) is 103 cm³/mol. The lowest BCUT2D eigenvalue weighted by Crippen LogP contribution is -2.37. The Morgan fingerprint density at radius 2 is 1.71 bits per heavy atom. The van der Waals surface area contributed by atoms with Crippen molar-refractivity contribution >= 4 is 11.0 Å². The first-order valence-electron chi connectivity index (χ1n) is 8.72. The van der Waals surface area contributed by atoms with E-state index in [1.807, 2.05) is 0 Å². The fourth-order valence-electron chi connectivity index (χ4n) is 3.30. The van der Waals surface area contributed by atoms with Crippen molar-refractivity contribution < 1.29 is 17.9 Å². The molecule has 0 aliphatic rings. The van der Waals surface area contributed by atoms with Gasteiger partial charge in [0.1, 0.15) is 5.52 Å². The first-order valence-corrected chi connectivity index (χ1v) is 8.72. The summed E-state index contributed by atoms with van der Waals surface area (Å²) >= 11 is 0. The van der Waals surface area contributed by atoms with Crippen LogP contribution >= 0.6 is 0 Å². The van der Waals surface area contributed by atoms with Crippen molar-refractivity contribution in [3.8, 4) is 17.1 Å². The summed E-state index contributed by atoms with van der Waals surface area (Å²) in [4.78, 5) is 19.8. The highest BCUT2D eigenvalue weighted by atomic mass is 19.4. The zero-order valence-electron chi connectivity index (χ0n) is 16.3. The largest absolute Gasteiger partial charge is 0.481 e. The molecule has 0 amide bonds. The van der Waals surface area contributed by atoms with Crippen molar-refractivity contribution in [1.29, 1.82) is 0 Å². The number of methoxy groups -OCH3 is 1. The van der Waals surface area contributed by atoms with Crippen LogP contribution in [0, 0.1) is 13.8 Å². The molecule has 0 saturated heterocycles. The topological polar surface area (TPSA) is 55.0 Å².